The Morgan fingerprint density at radius 2 is 1.47 bits per heavy atom. The van der Waals surface area contributed by atoms with E-state index in [2.05, 4.69) is 69.9 Å². The summed E-state index contributed by atoms with van der Waals surface area (Å²) in [6, 6.07) is 7.01. The van der Waals surface area contributed by atoms with Gasteiger partial charge in [-0.15, -0.1) is 0 Å². The number of carboxylic acids is 1. The van der Waals surface area contributed by atoms with E-state index in [1.807, 2.05) is 41.5 Å². The van der Waals surface area contributed by atoms with Gasteiger partial charge < -0.3 is 50.5 Å². The number of nitrogens with zero attached hydrogens (tertiary/aromatic N) is 1. The molecule has 2 rings (SSSR count). The number of aldehydes is 2. The number of carbonyl (C=O) groups is 5. The molecule has 1 saturated heterocycles. The van der Waals surface area contributed by atoms with Gasteiger partial charge >= 0.3 is 5.97 Å². The lowest BCUT2D eigenvalue weighted by atomic mass is 9.82. The van der Waals surface area contributed by atoms with Crippen molar-refractivity contribution in [3.63, 3.8) is 0 Å². The van der Waals surface area contributed by atoms with Gasteiger partial charge in [0, 0.05) is 39.0 Å². The van der Waals surface area contributed by atoms with Crippen molar-refractivity contribution in [3.8, 4) is 5.75 Å². The van der Waals surface area contributed by atoms with Crippen LogP contribution in [-0.4, -0.2) is 119 Å². The van der Waals surface area contributed by atoms with Crippen LogP contribution in [-0.2, 0) is 35.1 Å². The van der Waals surface area contributed by atoms with Gasteiger partial charge in [0.05, 0.1) is 19.8 Å². The SMILES string of the molecule is CC.CC(C)CC=O.CC(C)CO.CC1CCCN1C.CCC.CCCCC(C(C)CC)C(CC=O)OC.CN.CNCC(C)=O.COc1ccccc1CC(NC=O)C(=O)O. The number of nitrogens with one attached hydrogen (secondary N) is 2. The topological polar surface area (TPSA) is 198 Å². The van der Waals surface area contributed by atoms with Crippen LogP contribution in [0.1, 0.15) is 153 Å². The van der Waals surface area contributed by atoms with Gasteiger partial charge in [0.25, 0.3) is 0 Å². The number of Topliss-reactive ketones (excluding diaryl/α,β-unsaturated/α-hetero) is 1. The van der Waals surface area contributed by atoms with E-state index in [0.29, 0.717) is 61.8 Å². The Morgan fingerprint density at radius 1 is 0.952 bits per heavy atom. The highest BCUT2D eigenvalue weighted by Crippen LogP contribution is 2.27. The number of carbonyl (C=O) groups excluding carboxylic acids is 4. The highest BCUT2D eigenvalue weighted by molar-refractivity contribution is 5.77. The van der Waals surface area contributed by atoms with Crippen molar-refractivity contribution in [2.24, 2.45) is 29.4 Å². The second kappa shape index (κ2) is 57.8. The Balaban J connectivity index is -0.000000120. The number of hydrogen-bond acceptors (Lipinski definition) is 11. The number of aliphatic carboxylic acids is 1. The first kappa shape index (κ1) is 73.2. The molecule has 1 amide bonds. The fourth-order valence-corrected chi connectivity index (χ4v) is 5.03. The summed E-state index contributed by atoms with van der Waals surface area (Å²) in [6.07, 6.45) is 12.7. The van der Waals surface area contributed by atoms with Crippen molar-refractivity contribution in [2.45, 2.75) is 172 Å². The minimum absolute atomic E-state index is 0.115. The number of nitrogens with two attached hydrogens (primary N) is 1. The molecular formula is C49H100N4O9. The molecule has 1 aromatic carbocycles. The summed E-state index contributed by atoms with van der Waals surface area (Å²) in [4.78, 5) is 53.7. The molecule has 1 aromatic rings. The molecule has 0 aliphatic carbocycles. The molecule has 1 heterocycles. The Labute approximate surface area is 381 Å². The van der Waals surface area contributed by atoms with E-state index in [4.69, 9.17) is 19.7 Å². The number of likely N-dealkylation sites (tertiary alicyclic amines) is 1. The summed E-state index contributed by atoms with van der Waals surface area (Å²) in [6.45, 7) is 28.8. The molecule has 0 aromatic heterocycles. The lowest BCUT2D eigenvalue weighted by Crippen LogP contribution is -2.37. The fraction of sp³-hybridized carbons (Fsp3) is 0.776. The Kier molecular flexibility index (Phi) is 68.2. The van der Waals surface area contributed by atoms with E-state index in [1.165, 1.54) is 59.2 Å². The minimum Gasteiger partial charge on any atom is -0.496 e. The molecule has 62 heavy (non-hydrogen) atoms. The van der Waals surface area contributed by atoms with Crippen molar-refractivity contribution in [3.05, 3.63) is 29.8 Å². The van der Waals surface area contributed by atoms with Gasteiger partial charge in [0.1, 0.15) is 30.1 Å². The molecule has 5 atom stereocenters. The van der Waals surface area contributed by atoms with Crippen molar-refractivity contribution < 1.29 is 43.7 Å². The quantitative estimate of drug-likeness (QED) is 0.0783. The number of methoxy groups -OCH3 is 2. The number of likely N-dealkylation sites (N-methyl/N-ethyl adjacent to an activating group) is 1. The maximum atomic E-state index is 10.8. The number of para-hydroxylation sites is 1. The number of ether oxygens (including phenoxy) is 2. The van der Waals surface area contributed by atoms with Crippen molar-refractivity contribution >= 4 is 30.7 Å². The van der Waals surface area contributed by atoms with Crippen LogP contribution >= 0.6 is 0 Å². The first-order chi connectivity index (χ1) is 29.4. The zero-order valence-corrected chi connectivity index (χ0v) is 43.1. The molecule has 5 unspecified atom stereocenters. The summed E-state index contributed by atoms with van der Waals surface area (Å²) in [5, 5.41) is 22.0. The average molecular weight is 889 g/mol. The number of carboxylic acid groups (broad SMARTS) is 1. The summed E-state index contributed by atoms with van der Waals surface area (Å²) >= 11 is 0. The van der Waals surface area contributed by atoms with E-state index in [9.17, 15) is 24.0 Å². The number of amides is 1. The van der Waals surface area contributed by atoms with Crippen LogP contribution in [0.4, 0.5) is 0 Å². The number of aliphatic hydroxyl groups is 1. The highest BCUT2D eigenvalue weighted by Gasteiger charge is 2.25. The number of benzene rings is 1. The monoisotopic (exact) mass is 889 g/mol. The molecule has 13 nitrogen and oxygen atoms in total. The second-order valence-electron chi connectivity index (χ2n) is 15.3. The first-order valence-electron chi connectivity index (χ1n) is 22.9. The molecule has 1 fully saturated rings. The molecule has 1 aliphatic heterocycles. The maximum absolute atomic E-state index is 10.8. The summed E-state index contributed by atoms with van der Waals surface area (Å²) in [5.41, 5.74) is 5.24. The van der Waals surface area contributed by atoms with Crippen molar-refractivity contribution in [1.29, 1.82) is 0 Å². The predicted molar refractivity (Wildman–Crippen MR) is 262 cm³/mol. The van der Waals surface area contributed by atoms with Gasteiger partial charge in [0.2, 0.25) is 6.41 Å². The van der Waals surface area contributed by atoms with Gasteiger partial charge in [-0.1, -0.05) is 120 Å². The Bertz CT molecular complexity index is 1090. The standard InChI is InChI=1S/C13H26O2.C11H13NO4.C6H13N.C5H10O.C4H9NO.C4H10O.C3H8.C2H6.CH5N/c1-5-7-8-12(11(3)6-2)13(15-4)9-10-14;1-16-10-5-3-2-4-8(10)6-9(11(14)15)12-7-13;1-6-4-3-5-7(6)2;1-5(2)3-4-6;1-4(6)3-5-2;1-4(2)3-5;1-3-2;2*1-2/h10-13H,5-9H2,1-4H3;2-5,7,9H,6H2,1H3,(H,12,13)(H,14,15);6H,3-5H2,1-2H3;4-5H,3H2,1-2H3;5H,3H2,1-2H3;4-5H,3H2,1-2H3;3H2,1-2H3;1-2H3;2H2,1H3. The van der Waals surface area contributed by atoms with Gasteiger partial charge in [-0.2, -0.15) is 0 Å². The zero-order chi connectivity index (χ0) is 49.9. The number of hydrogen-bond donors (Lipinski definition) is 5. The Hall–Kier alpha value is -3.23. The Morgan fingerprint density at radius 3 is 1.73 bits per heavy atom. The zero-order valence-electron chi connectivity index (χ0n) is 43.1. The number of ketones is 1. The van der Waals surface area contributed by atoms with Gasteiger partial charge in [-0.25, -0.2) is 4.79 Å². The molecule has 0 saturated carbocycles. The average Bonchev–Trinajstić information content (AvgIpc) is 3.64. The van der Waals surface area contributed by atoms with Crippen LogP contribution in [0.15, 0.2) is 24.3 Å². The van der Waals surface area contributed by atoms with Crippen LogP contribution < -0.4 is 21.1 Å². The number of unbranched alkanes of at least 4 members (excludes halogenated alkanes) is 1. The van der Waals surface area contributed by atoms with Crippen LogP contribution in [0.25, 0.3) is 0 Å². The van der Waals surface area contributed by atoms with Crippen LogP contribution in [0, 0.1) is 23.7 Å². The summed E-state index contributed by atoms with van der Waals surface area (Å²) in [5.74, 6) is 1.86. The van der Waals surface area contributed by atoms with Gasteiger partial charge in [-0.3, -0.25) is 9.59 Å². The third kappa shape index (κ3) is 52.9. The minimum atomic E-state index is -1.07. The second-order valence-corrected chi connectivity index (χ2v) is 15.3. The van der Waals surface area contributed by atoms with Crippen molar-refractivity contribution in [2.75, 3.05) is 55.1 Å². The first-order valence-corrected chi connectivity index (χ1v) is 22.9. The third-order valence-electron chi connectivity index (χ3n) is 8.80. The molecule has 13 heteroatoms. The van der Waals surface area contributed by atoms with Crippen LogP contribution in [0.5, 0.6) is 5.75 Å². The molecular weight excluding hydrogens is 789 g/mol. The molecule has 0 bridgehead atoms. The highest BCUT2D eigenvalue weighted by atomic mass is 16.5. The van der Waals surface area contributed by atoms with Crippen LogP contribution in [0.2, 0.25) is 0 Å². The summed E-state index contributed by atoms with van der Waals surface area (Å²) in [7, 11) is 8.68. The predicted octanol–water partition coefficient (Wildman–Crippen LogP) is 8.66. The molecule has 1 aliphatic rings. The lowest BCUT2D eigenvalue weighted by molar-refractivity contribution is -0.140. The molecule has 6 N–H and O–H groups in total. The molecule has 0 radical (unpaired) electrons. The summed E-state index contributed by atoms with van der Waals surface area (Å²) < 4.78 is 10.5. The van der Waals surface area contributed by atoms with E-state index in [-0.39, 0.29) is 18.3 Å². The van der Waals surface area contributed by atoms with E-state index in [1.54, 1.807) is 45.3 Å². The fourth-order valence-electron chi connectivity index (χ4n) is 5.03. The lowest BCUT2D eigenvalue weighted by Gasteiger charge is -2.29. The third-order valence-corrected chi connectivity index (χ3v) is 8.80. The van der Waals surface area contributed by atoms with E-state index in [0.717, 1.165) is 30.6 Å². The van der Waals surface area contributed by atoms with Gasteiger partial charge in [-0.05, 0) is 96.1 Å². The van der Waals surface area contributed by atoms with Crippen molar-refractivity contribution in [1.82, 2.24) is 15.5 Å². The smallest absolute Gasteiger partial charge is 0.326 e. The normalized spacial score (nSPS) is 13.9. The van der Waals surface area contributed by atoms with E-state index < -0.39 is 12.0 Å². The number of rotatable bonds is 20. The van der Waals surface area contributed by atoms with Gasteiger partial charge in [0.15, 0.2) is 0 Å². The largest absolute Gasteiger partial charge is 0.496 e. The van der Waals surface area contributed by atoms with E-state index >= 15 is 0 Å². The molecule has 0 spiro atoms. The maximum Gasteiger partial charge on any atom is 0.326 e. The van der Waals surface area contributed by atoms with Crippen LogP contribution in [0.3, 0.4) is 0 Å². The number of aliphatic hydroxyl groups excluding tert-OH is 1. The molecule has 370 valence electrons.